The standard InChI is InChI=1S/C9H3Br2N3O5/c10-2-1-3-4(7(5(2)11)14(18)19)8(15)6(13-17)9(16)12-3/h1,17H,(H,12,16). The molecule has 1 aliphatic heterocycles. The normalized spacial score (nSPS) is 16.2. The largest absolute Gasteiger partial charge is 0.410 e. The number of rotatable bonds is 1. The minimum Gasteiger partial charge on any atom is -0.410 e. The van der Waals surface area contributed by atoms with E-state index in [2.05, 4.69) is 42.3 Å². The summed E-state index contributed by atoms with van der Waals surface area (Å²) in [5.74, 6) is -1.94. The van der Waals surface area contributed by atoms with Gasteiger partial charge in [0.1, 0.15) is 10.0 Å². The summed E-state index contributed by atoms with van der Waals surface area (Å²) < 4.78 is 0.355. The Bertz CT molecular complexity index is 670. The number of carbonyl (C=O) groups excluding carboxylic acids is 2. The quantitative estimate of drug-likeness (QED) is 0.430. The molecule has 0 aliphatic carbocycles. The molecule has 0 aromatic heterocycles. The van der Waals surface area contributed by atoms with Crippen molar-refractivity contribution < 1.29 is 19.7 Å². The predicted molar refractivity (Wildman–Crippen MR) is 70.7 cm³/mol. The van der Waals surface area contributed by atoms with E-state index in [1.807, 2.05) is 0 Å². The lowest BCUT2D eigenvalue weighted by Gasteiger charge is -2.17. The number of halogens is 2. The Morgan fingerprint density at radius 2 is 2.00 bits per heavy atom. The fourth-order valence-electron chi connectivity index (χ4n) is 1.61. The number of hydrogen-bond donors (Lipinski definition) is 2. The summed E-state index contributed by atoms with van der Waals surface area (Å²) in [4.78, 5) is 33.7. The average Bonchev–Trinajstić information content (AvgIpc) is 2.32. The molecule has 1 heterocycles. The molecule has 0 fully saturated rings. The van der Waals surface area contributed by atoms with Gasteiger partial charge in [-0.25, -0.2) is 0 Å². The monoisotopic (exact) mass is 391 g/mol. The van der Waals surface area contributed by atoms with Crippen LogP contribution in [0.3, 0.4) is 0 Å². The van der Waals surface area contributed by atoms with E-state index in [0.29, 0.717) is 4.47 Å². The lowest BCUT2D eigenvalue weighted by Crippen LogP contribution is -2.36. The second kappa shape index (κ2) is 4.70. The Morgan fingerprint density at radius 3 is 2.53 bits per heavy atom. The lowest BCUT2D eigenvalue weighted by atomic mass is 9.98. The lowest BCUT2D eigenvalue weighted by molar-refractivity contribution is -0.385. The van der Waals surface area contributed by atoms with Crippen LogP contribution in [0.4, 0.5) is 11.4 Å². The number of nitro benzene ring substituents is 1. The van der Waals surface area contributed by atoms with E-state index >= 15 is 0 Å². The van der Waals surface area contributed by atoms with Crippen molar-refractivity contribution in [2.24, 2.45) is 5.16 Å². The average molecular weight is 393 g/mol. The highest BCUT2D eigenvalue weighted by Gasteiger charge is 2.39. The van der Waals surface area contributed by atoms with Crippen molar-refractivity contribution in [1.82, 2.24) is 0 Å². The second-order valence-corrected chi connectivity index (χ2v) is 5.08. The highest BCUT2D eigenvalue weighted by atomic mass is 79.9. The van der Waals surface area contributed by atoms with Crippen molar-refractivity contribution in [3.63, 3.8) is 0 Å². The number of fused-ring (bicyclic) bond motifs is 1. The van der Waals surface area contributed by atoms with E-state index in [1.165, 1.54) is 6.07 Å². The summed E-state index contributed by atoms with van der Waals surface area (Å²) in [6.07, 6.45) is 0. The molecule has 8 nitrogen and oxygen atoms in total. The molecule has 19 heavy (non-hydrogen) atoms. The topological polar surface area (TPSA) is 122 Å². The van der Waals surface area contributed by atoms with Crippen molar-refractivity contribution >= 4 is 60.6 Å². The summed E-state index contributed by atoms with van der Waals surface area (Å²) in [6.45, 7) is 0. The summed E-state index contributed by atoms with van der Waals surface area (Å²) in [7, 11) is 0. The molecule has 0 atom stereocenters. The fraction of sp³-hybridized carbons (Fsp3) is 0. The van der Waals surface area contributed by atoms with Crippen molar-refractivity contribution in [2.45, 2.75) is 0 Å². The molecule has 1 aliphatic rings. The van der Waals surface area contributed by atoms with Crippen LogP contribution in [0.1, 0.15) is 10.4 Å². The number of amides is 1. The number of carbonyl (C=O) groups is 2. The van der Waals surface area contributed by atoms with Gasteiger partial charge in [-0.3, -0.25) is 19.7 Å². The van der Waals surface area contributed by atoms with Gasteiger partial charge in [-0.05, 0) is 37.9 Å². The van der Waals surface area contributed by atoms with Gasteiger partial charge < -0.3 is 10.5 Å². The van der Waals surface area contributed by atoms with Crippen LogP contribution in [0.25, 0.3) is 0 Å². The van der Waals surface area contributed by atoms with E-state index in [9.17, 15) is 19.7 Å². The number of benzene rings is 1. The molecule has 2 rings (SSSR count). The third-order valence-electron chi connectivity index (χ3n) is 2.38. The molecular weight excluding hydrogens is 390 g/mol. The Balaban J connectivity index is 2.84. The minimum absolute atomic E-state index is 0.0239. The first-order valence-electron chi connectivity index (χ1n) is 4.63. The Labute approximate surface area is 121 Å². The number of nitrogens with zero attached hydrogens (tertiary/aromatic N) is 2. The molecule has 1 aromatic rings. The van der Waals surface area contributed by atoms with Gasteiger partial charge in [-0.2, -0.15) is 0 Å². The van der Waals surface area contributed by atoms with Crippen LogP contribution in [0.15, 0.2) is 20.2 Å². The number of ketones is 1. The molecule has 0 saturated heterocycles. The highest BCUT2D eigenvalue weighted by Crippen LogP contribution is 2.41. The SMILES string of the molecule is O=C1Nc2cc(Br)c(Br)c([N+](=O)[O-])c2C(=O)C1=NO. The molecule has 1 amide bonds. The molecule has 0 bridgehead atoms. The maximum atomic E-state index is 12.0. The van der Waals surface area contributed by atoms with E-state index in [-0.39, 0.29) is 15.7 Å². The van der Waals surface area contributed by atoms with Crippen LogP contribution in [-0.4, -0.2) is 27.5 Å². The van der Waals surface area contributed by atoms with Crippen LogP contribution in [0.5, 0.6) is 0 Å². The zero-order valence-corrected chi connectivity index (χ0v) is 12.0. The first-order chi connectivity index (χ1) is 8.88. The van der Waals surface area contributed by atoms with Gasteiger partial charge in [-0.1, -0.05) is 5.16 Å². The van der Waals surface area contributed by atoms with Gasteiger partial charge in [0.2, 0.25) is 11.5 Å². The second-order valence-electron chi connectivity index (χ2n) is 3.43. The summed E-state index contributed by atoms with van der Waals surface area (Å²) in [6, 6.07) is 1.34. The van der Waals surface area contributed by atoms with Crippen LogP contribution >= 0.6 is 31.9 Å². The maximum absolute atomic E-state index is 12.0. The van der Waals surface area contributed by atoms with E-state index in [0.717, 1.165) is 0 Å². The predicted octanol–water partition coefficient (Wildman–Crippen LogP) is 2.08. The van der Waals surface area contributed by atoms with Gasteiger partial charge in [0.15, 0.2) is 0 Å². The number of Topliss-reactive ketones (excluding diaryl/α,β-unsaturated/α-hetero) is 1. The molecule has 10 heteroatoms. The number of nitrogens with one attached hydrogen (secondary N) is 1. The Morgan fingerprint density at radius 1 is 1.37 bits per heavy atom. The number of oxime groups is 1. The van der Waals surface area contributed by atoms with E-state index in [1.54, 1.807) is 0 Å². The molecule has 0 unspecified atom stereocenters. The van der Waals surface area contributed by atoms with Crippen LogP contribution in [-0.2, 0) is 4.79 Å². The van der Waals surface area contributed by atoms with Crippen molar-refractivity contribution in [3.8, 4) is 0 Å². The van der Waals surface area contributed by atoms with Crippen molar-refractivity contribution in [3.05, 3.63) is 30.7 Å². The molecule has 0 spiro atoms. The van der Waals surface area contributed by atoms with Crippen LogP contribution < -0.4 is 5.32 Å². The summed E-state index contributed by atoms with van der Waals surface area (Å²) in [5.41, 5.74) is -1.68. The van der Waals surface area contributed by atoms with Gasteiger partial charge in [0, 0.05) is 4.47 Å². The first-order valence-corrected chi connectivity index (χ1v) is 6.21. The molecule has 0 saturated carbocycles. The van der Waals surface area contributed by atoms with Gasteiger partial charge >= 0.3 is 0 Å². The number of nitro groups is 1. The van der Waals surface area contributed by atoms with E-state index in [4.69, 9.17) is 5.21 Å². The van der Waals surface area contributed by atoms with Crippen LogP contribution in [0, 0.1) is 10.1 Å². The van der Waals surface area contributed by atoms with E-state index < -0.39 is 28.0 Å². The molecule has 1 aromatic carbocycles. The zero-order chi connectivity index (χ0) is 14.3. The van der Waals surface area contributed by atoms with Crippen LogP contribution in [0.2, 0.25) is 0 Å². The third-order valence-corrected chi connectivity index (χ3v) is 4.34. The first kappa shape index (κ1) is 13.6. The Kier molecular flexibility index (Phi) is 3.37. The minimum atomic E-state index is -1.01. The number of hydrogen-bond acceptors (Lipinski definition) is 6. The van der Waals surface area contributed by atoms with Gasteiger partial charge in [0.05, 0.1) is 10.6 Å². The third kappa shape index (κ3) is 2.02. The molecule has 0 radical (unpaired) electrons. The maximum Gasteiger partial charge on any atom is 0.297 e. The zero-order valence-electron chi connectivity index (χ0n) is 8.81. The van der Waals surface area contributed by atoms with Crippen molar-refractivity contribution in [1.29, 1.82) is 0 Å². The Hall–Kier alpha value is -1.81. The smallest absolute Gasteiger partial charge is 0.297 e. The molecular formula is C9H3Br2N3O5. The summed E-state index contributed by atoms with van der Waals surface area (Å²) in [5, 5.41) is 24.5. The van der Waals surface area contributed by atoms with Crippen molar-refractivity contribution in [2.75, 3.05) is 5.32 Å². The summed E-state index contributed by atoms with van der Waals surface area (Å²) >= 11 is 6.06. The van der Waals surface area contributed by atoms with Gasteiger partial charge in [-0.15, -0.1) is 0 Å². The highest BCUT2D eigenvalue weighted by molar-refractivity contribution is 9.13. The molecule has 98 valence electrons. The number of anilines is 1. The fourth-order valence-corrected chi connectivity index (χ4v) is 2.48. The van der Waals surface area contributed by atoms with Gasteiger partial charge in [0.25, 0.3) is 11.6 Å². The molecule has 2 N–H and O–H groups in total.